The molecule has 1 heterocycles. The monoisotopic (exact) mass is 393 g/mol. The van der Waals surface area contributed by atoms with Crippen molar-refractivity contribution >= 4 is 28.5 Å². The van der Waals surface area contributed by atoms with Crippen LogP contribution in [-0.2, 0) is 9.53 Å². The van der Waals surface area contributed by atoms with Gasteiger partial charge in [-0.05, 0) is 64.2 Å². The van der Waals surface area contributed by atoms with Gasteiger partial charge in [-0.15, -0.1) is 11.3 Å². The zero-order valence-electron chi connectivity index (χ0n) is 16.4. The average Bonchev–Trinajstić information content (AvgIpc) is 3.17. The maximum absolute atomic E-state index is 13.1. The van der Waals surface area contributed by atoms with Crippen LogP contribution in [0.2, 0.25) is 0 Å². The fraction of sp³-hybridized carbons (Fsp3) is 0.750. The summed E-state index contributed by atoms with van der Waals surface area (Å²) < 4.78 is 5.18. The minimum atomic E-state index is -0.0822. The Bertz CT molecular complexity index is 606. The maximum atomic E-state index is 13.1. The lowest BCUT2D eigenvalue weighted by Crippen LogP contribution is -2.51. The largest absolute Gasteiger partial charge is 0.466 e. The molecule has 27 heavy (non-hydrogen) atoms. The van der Waals surface area contributed by atoms with Crippen molar-refractivity contribution in [3.05, 3.63) is 11.6 Å². The molecule has 7 heteroatoms. The summed E-state index contributed by atoms with van der Waals surface area (Å²) in [5.74, 6) is 0.641. The van der Waals surface area contributed by atoms with Crippen LogP contribution in [0.1, 0.15) is 65.2 Å². The van der Waals surface area contributed by atoms with Gasteiger partial charge in [0.25, 0.3) is 0 Å². The fourth-order valence-electron chi connectivity index (χ4n) is 4.44. The summed E-state index contributed by atoms with van der Waals surface area (Å²) in [7, 11) is 0. The lowest BCUT2D eigenvalue weighted by molar-refractivity contribution is -0.149. The lowest BCUT2D eigenvalue weighted by atomic mass is 9.82. The summed E-state index contributed by atoms with van der Waals surface area (Å²) in [6.45, 7) is 4.57. The third kappa shape index (κ3) is 5.21. The van der Waals surface area contributed by atoms with E-state index in [1.807, 2.05) is 12.3 Å². The van der Waals surface area contributed by atoms with E-state index in [1.54, 1.807) is 6.20 Å². The van der Waals surface area contributed by atoms with Crippen LogP contribution in [0.15, 0.2) is 11.6 Å². The molecule has 2 amide bonds. The second kappa shape index (κ2) is 9.53. The Morgan fingerprint density at radius 3 is 2.33 bits per heavy atom. The van der Waals surface area contributed by atoms with Crippen molar-refractivity contribution < 1.29 is 14.3 Å². The van der Waals surface area contributed by atoms with E-state index in [9.17, 15) is 9.59 Å². The number of nitrogens with one attached hydrogen (secondary N) is 1. The van der Waals surface area contributed by atoms with Crippen LogP contribution in [0.3, 0.4) is 0 Å². The van der Waals surface area contributed by atoms with Crippen LogP contribution in [0, 0.1) is 11.8 Å². The van der Waals surface area contributed by atoms with Gasteiger partial charge in [0.1, 0.15) is 0 Å². The summed E-state index contributed by atoms with van der Waals surface area (Å²) in [5, 5.41) is 5.50. The first-order chi connectivity index (χ1) is 13.1. The van der Waals surface area contributed by atoms with E-state index in [0.717, 1.165) is 44.4 Å². The third-order valence-electron chi connectivity index (χ3n) is 5.97. The Morgan fingerprint density at radius 2 is 1.78 bits per heavy atom. The number of thiazole rings is 1. The van der Waals surface area contributed by atoms with Gasteiger partial charge in [-0.1, -0.05) is 6.92 Å². The van der Waals surface area contributed by atoms with E-state index in [0.29, 0.717) is 11.7 Å². The maximum Gasteiger partial charge on any atom is 0.324 e. The van der Waals surface area contributed by atoms with Gasteiger partial charge in [0.05, 0.1) is 12.5 Å². The number of anilines is 1. The second-order valence-electron chi connectivity index (χ2n) is 7.85. The van der Waals surface area contributed by atoms with Gasteiger partial charge in [-0.25, -0.2) is 9.78 Å². The Balaban J connectivity index is 1.66. The molecule has 0 aliphatic heterocycles. The van der Waals surface area contributed by atoms with E-state index in [4.69, 9.17) is 4.74 Å². The normalized spacial score (nSPS) is 28.4. The average molecular weight is 394 g/mol. The number of rotatable bonds is 5. The Morgan fingerprint density at radius 1 is 1.15 bits per heavy atom. The fourth-order valence-corrected chi connectivity index (χ4v) is 4.96. The van der Waals surface area contributed by atoms with Crippen molar-refractivity contribution in [2.24, 2.45) is 11.8 Å². The van der Waals surface area contributed by atoms with Gasteiger partial charge in [0, 0.05) is 23.7 Å². The summed E-state index contributed by atoms with van der Waals surface area (Å²) in [5.41, 5.74) is 0. The molecule has 150 valence electrons. The number of aromatic nitrogens is 1. The highest BCUT2D eigenvalue weighted by atomic mass is 32.1. The molecule has 2 fully saturated rings. The quantitative estimate of drug-likeness (QED) is 0.738. The van der Waals surface area contributed by atoms with Gasteiger partial charge in [0.15, 0.2) is 5.13 Å². The number of carbonyl (C=O) groups is 2. The first-order valence-electron chi connectivity index (χ1n) is 10.2. The van der Waals surface area contributed by atoms with Gasteiger partial charge in [0.2, 0.25) is 0 Å². The number of esters is 1. The molecule has 0 unspecified atom stereocenters. The van der Waals surface area contributed by atoms with Crippen LogP contribution >= 0.6 is 11.3 Å². The number of urea groups is 1. The molecule has 0 bridgehead atoms. The molecule has 0 radical (unpaired) electrons. The number of carbonyl (C=O) groups excluding carboxylic acids is 2. The molecular weight excluding hydrogens is 362 g/mol. The first-order valence-corrected chi connectivity index (χ1v) is 11.1. The van der Waals surface area contributed by atoms with E-state index in [1.165, 1.54) is 24.2 Å². The number of nitrogens with zero attached hydrogens (tertiary/aromatic N) is 2. The zero-order chi connectivity index (χ0) is 19.2. The summed E-state index contributed by atoms with van der Waals surface area (Å²) in [6.07, 6.45) is 9.49. The highest BCUT2D eigenvalue weighted by Gasteiger charge is 2.37. The van der Waals surface area contributed by atoms with Crippen LogP contribution in [0.4, 0.5) is 9.93 Å². The number of ether oxygens (including phenoxy) is 1. The highest BCUT2D eigenvalue weighted by Crippen LogP contribution is 2.34. The number of hydrogen-bond donors (Lipinski definition) is 1. The van der Waals surface area contributed by atoms with Crippen molar-refractivity contribution in [1.82, 2.24) is 9.88 Å². The van der Waals surface area contributed by atoms with Crippen LogP contribution in [0.5, 0.6) is 0 Å². The summed E-state index contributed by atoms with van der Waals surface area (Å²) >= 11 is 1.44. The first kappa shape index (κ1) is 20.1. The molecule has 2 aliphatic rings. The standard InChI is InChI=1S/C20H31N3O3S/c1-3-26-18(24)15-6-10-17(11-7-15)23(16-8-4-14(2)5-9-16)20(25)22-19-21-12-13-27-19/h12-17H,3-11H2,1-2H3,(H,21,22,25). The van der Waals surface area contributed by atoms with Crippen molar-refractivity contribution in [2.45, 2.75) is 77.3 Å². The summed E-state index contributed by atoms with van der Waals surface area (Å²) in [4.78, 5) is 31.4. The Labute approximate surface area is 165 Å². The molecule has 0 spiro atoms. The minimum absolute atomic E-state index is 0.0172. The molecule has 2 saturated carbocycles. The van der Waals surface area contributed by atoms with Gasteiger partial charge in [-0.3, -0.25) is 10.1 Å². The Kier molecular flexibility index (Phi) is 7.10. The van der Waals surface area contributed by atoms with Crippen molar-refractivity contribution in [3.63, 3.8) is 0 Å². The second-order valence-corrected chi connectivity index (χ2v) is 8.74. The molecule has 1 aromatic rings. The topological polar surface area (TPSA) is 71.5 Å². The van der Waals surface area contributed by atoms with Crippen LogP contribution in [-0.4, -0.2) is 40.6 Å². The van der Waals surface area contributed by atoms with Crippen molar-refractivity contribution in [3.8, 4) is 0 Å². The molecule has 2 aliphatic carbocycles. The van der Waals surface area contributed by atoms with E-state index >= 15 is 0 Å². The minimum Gasteiger partial charge on any atom is -0.466 e. The van der Waals surface area contributed by atoms with Gasteiger partial charge >= 0.3 is 12.0 Å². The third-order valence-corrected chi connectivity index (χ3v) is 6.66. The molecule has 1 aromatic heterocycles. The van der Waals surface area contributed by atoms with E-state index in [2.05, 4.69) is 22.1 Å². The molecule has 1 N–H and O–H groups in total. The van der Waals surface area contributed by atoms with Crippen LogP contribution < -0.4 is 5.32 Å². The molecular formula is C20H31N3O3S. The SMILES string of the molecule is CCOC(=O)C1CCC(N(C(=O)Nc2nccs2)C2CCC(C)CC2)CC1. The molecule has 6 nitrogen and oxygen atoms in total. The smallest absolute Gasteiger partial charge is 0.324 e. The highest BCUT2D eigenvalue weighted by molar-refractivity contribution is 7.13. The van der Waals surface area contributed by atoms with E-state index < -0.39 is 0 Å². The molecule has 0 aromatic carbocycles. The predicted molar refractivity (Wildman–Crippen MR) is 107 cm³/mol. The van der Waals surface area contributed by atoms with Crippen LogP contribution in [0.25, 0.3) is 0 Å². The van der Waals surface area contributed by atoms with Crippen molar-refractivity contribution in [2.75, 3.05) is 11.9 Å². The van der Waals surface area contributed by atoms with E-state index in [-0.39, 0.29) is 30.0 Å². The Hall–Kier alpha value is -1.63. The van der Waals surface area contributed by atoms with Crippen molar-refractivity contribution in [1.29, 1.82) is 0 Å². The molecule has 3 rings (SSSR count). The number of amides is 2. The number of hydrogen-bond acceptors (Lipinski definition) is 5. The molecule has 0 atom stereocenters. The predicted octanol–water partition coefficient (Wildman–Crippen LogP) is 4.68. The van der Waals surface area contributed by atoms with Gasteiger partial charge < -0.3 is 9.64 Å². The molecule has 0 saturated heterocycles. The van der Waals surface area contributed by atoms with Gasteiger partial charge in [-0.2, -0.15) is 0 Å². The lowest BCUT2D eigenvalue weighted by Gasteiger charge is -2.43. The summed E-state index contributed by atoms with van der Waals surface area (Å²) in [6, 6.07) is 0.434. The zero-order valence-corrected chi connectivity index (χ0v) is 17.2.